The number of carbonyl (C=O) groups is 3. The minimum Gasteiger partial charge on any atom is -0.481 e. The van der Waals surface area contributed by atoms with Crippen molar-refractivity contribution >= 4 is 17.8 Å². The van der Waals surface area contributed by atoms with Crippen LogP contribution in [0.2, 0.25) is 0 Å². The van der Waals surface area contributed by atoms with E-state index in [0.717, 1.165) is 60.8 Å². The first-order valence-corrected chi connectivity index (χ1v) is 18.4. The van der Waals surface area contributed by atoms with Gasteiger partial charge in [0.25, 0.3) is 0 Å². The molecule has 6 heteroatoms. The van der Waals surface area contributed by atoms with Gasteiger partial charge in [0.1, 0.15) is 12.1 Å². The van der Waals surface area contributed by atoms with Crippen molar-refractivity contribution in [2.75, 3.05) is 0 Å². The average Bonchev–Trinajstić information content (AvgIpc) is 3.37. The van der Waals surface area contributed by atoms with Crippen LogP contribution in [0.3, 0.4) is 0 Å². The summed E-state index contributed by atoms with van der Waals surface area (Å²) in [6, 6.07) is 8.73. The standard InChI is InChI=1S/C40H59NO5/c1-26(2)10-9-11-27(3)32-16-17-33-31-15-14-29-25-30(20-22-39(29,4)34(31)21-23-40(32,33)5)46-38(45)35(24-28-12-7-6-8-13-28)41-36(42)18-19-37(43)44/h6-8,12-14,26-27,30-35H,9-11,15-25H2,1-5H3,(H,41,42)(H,43,44)/t27-,30+,31+,32-,33+,34+,35-,39+,40-/m1/s1. The van der Waals surface area contributed by atoms with Crippen molar-refractivity contribution in [3.8, 4) is 0 Å². The summed E-state index contributed by atoms with van der Waals surface area (Å²) in [5.74, 6) is 2.84. The Labute approximate surface area is 277 Å². The maximum Gasteiger partial charge on any atom is 0.329 e. The number of nitrogens with one attached hydrogen (secondary N) is 1. The lowest BCUT2D eigenvalue weighted by atomic mass is 9.47. The third kappa shape index (κ3) is 7.57. The van der Waals surface area contributed by atoms with Gasteiger partial charge in [-0.25, -0.2) is 4.79 Å². The lowest BCUT2D eigenvalue weighted by molar-refractivity contribution is -0.155. The SMILES string of the molecule is CC(C)CCC[C@@H](C)[C@H]1CC[C@H]2[C@@H]3CC=C4C[C@@H](OC(=O)[C@@H](Cc5ccccc5)NC(=O)CCC(=O)O)CC[C@]4(C)[C@H]3CC[C@]12C. The Kier molecular flexibility index (Phi) is 11.0. The molecule has 4 aliphatic carbocycles. The molecule has 0 aliphatic heterocycles. The van der Waals surface area contributed by atoms with Gasteiger partial charge in [0.05, 0.1) is 6.42 Å². The zero-order valence-electron chi connectivity index (χ0n) is 29.1. The maximum atomic E-state index is 13.5. The molecule has 0 radical (unpaired) electrons. The van der Waals surface area contributed by atoms with E-state index in [1.165, 1.54) is 50.5 Å². The molecule has 1 aromatic rings. The third-order valence-electron chi connectivity index (χ3n) is 13.0. The molecule has 0 bridgehead atoms. The number of carboxylic acids is 1. The number of allylic oxidation sites excluding steroid dienone is 1. The zero-order chi connectivity index (χ0) is 33.1. The summed E-state index contributed by atoms with van der Waals surface area (Å²) < 4.78 is 6.14. The third-order valence-corrected chi connectivity index (χ3v) is 13.0. The van der Waals surface area contributed by atoms with Crippen LogP contribution in [-0.4, -0.2) is 35.1 Å². The Morgan fingerprint density at radius 2 is 1.72 bits per heavy atom. The molecule has 0 spiro atoms. The quantitative estimate of drug-likeness (QED) is 0.168. The van der Waals surface area contributed by atoms with Crippen LogP contribution in [0.4, 0.5) is 0 Å². The minimum absolute atomic E-state index is 0.164. The van der Waals surface area contributed by atoms with E-state index in [1.807, 2.05) is 30.3 Å². The summed E-state index contributed by atoms with van der Waals surface area (Å²) in [5, 5.41) is 11.8. The van der Waals surface area contributed by atoms with Crippen molar-refractivity contribution in [3.63, 3.8) is 0 Å². The summed E-state index contributed by atoms with van der Waals surface area (Å²) in [6.07, 6.45) is 15.5. The van der Waals surface area contributed by atoms with Gasteiger partial charge in [-0.1, -0.05) is 95.9 Å². The second-order valence-electron chi connectivity index (χ2n) is 16.3. The van der Waals surface area contributed by atoms with E-state index in [2.05, 4.69) is 46.0 Å². The van der Waals surface area contributed by atoms with Gasteiger partial charge < -0.3 is 15.2 Å². The highest BCUT2D eigenvalue weighted by Crippen LogP contribution is 2.67. The van der Waals surface area contributed by atoms with Gasteiger partial charge in [0.15, 0.2) is 0 Å². The van der Waals surface area contributed by atoms with Gasteiger partial charge in [0.2, 0.25) is 5.91 Å². The maximum absolute atomic E-state index is 13.5. The Balaban J connectivity index is 1.23. The van der Waals surface area contributed by atoms with E-state index < -0.39 is 23.9 Å². The van der Waals surface area contributed by atoms with Gasteiger partial charge in [-0.15, -0.1) is 0 Å². The molecule has 2 N–H and O–H groups in total. The molecule has 3 fully saturated rings. The summed E-state index contributed by atoms with van der Waals surface area (Å²) in [5.41, 5.74) is 3.03. The van der Waals surface area contributed by atoms with Crippen molar-refractivity contribution in [3.05, 3.63) is 47.5 Å². The largest absolute Gasteiger partial charge is 0.481 e. The van der Waals surface area contributed by atoms with Crippen molar-refractivity contribution in [1.29, 1.82) is 0 Å². The van der Waals surface area contributed by atoms with Crippen molar-refractivity contribution in [1.82, 2.24) is 5.32 Å². The van der Waals surface area contributed by atoms with E-state index in [4.69, 9.17) is 9.84 Å². The molecule has 0 aromatic heterocycles. The predicted molar refractivity (Wildman–Crippen MR) is 182 cm³/mol. The number of hydrogen-bond acceptors (Lipinski definition) is 4. The molecular formula is C40H59NO5. The average molecular weight is 634 g/mol. The fourth-order valence-corrected chi connectivity index (χ4v) is 10.5. The van der Waals surface area contributed by atoms with Gasteiger partial charge in [-0.2, -0.15) is 0 Å². The van der Waals surface area contributed by atoms with Crippen molar-refractivity contribution in [2.45, 2.75) is 137 Å². The summed E-state index contributed by atoms with van der Waals surface area (Å²) in [6.45, 7) is 12.4. The molecule has 0 unspecified atom stereocenters. The van der Waals surface area contributed by atoms with Gasteiger partial charge in [0, 0.05) is 19.3 Å². The normalized spacial score (nSPS) is 33.2. The first-order chi connectivity index (χ1) is 21.9. The Bertz CT molecular complexity index is 1260. The van der Waals surface area contributed by atoms with Crippen LogP contribution in [0.1, 0.15) is 124 Å². The molecule has 5 rings (SSSR count). The molecule has 1 amide bonds. The smallest absolute Gasteiger partial charge is 0.329 e. The summed E-state index contributed by atoms with van der Waals surface area (Å²) in [4.78, 5) is 37.1. The fourth-order valence-electron chi connectivity index (χ4n) is 10.5. The Morgan fingerprint density at radius 1 is 0.957 bits per heavy atom. The number of amides is 1. The van der Waals surface area contributed by atoms with Crippen LogP contribution in [0.15, 0.2) is 42.0 Å². The number of aliphatic carboxylic acids is 1. The molecule has 0 heterocycles. The number of rotatable bonds is 13. The minimum atomic E-state index is -1.03. The Hall–Kier alpha value is -2.63. The number of hydrogen-bond donors (Lipinski definition) is 2. The highest BCUT2D eigenvalue weighted by Gasteiger charge is 2.59. The van der Waals surface area contributed by atoms with Crippen LogP contribution >= 0.6 is 0 Å². The van der Waals surface area contributed by atoms with Crippen LogP contribution in [0.5, 0.6) is 0 Å². The summed E-state index contributed by atoms with van der Waals surface area (Å²) in [7, 11) is 0. The van der Waals surface area contributed by atoms with E-state index >= 15 is 0 Å². The van der Waals surface area contributed by atoms with E-state index in [9.17, 15) is 14.4 Å². The highest BCUT2D eigenvalue weighted by atomic mass is 16.5. The number of fused-ring (bicyclic) bond motifs is 5. The number of benzene rings is 1. The molecule has 6 nitrogen and oxygen atoms in total. The van der Waals surface area contributed by atoms with Gasteiger partial charge in [-0.3, -0.25) is 9.59 Å². The number of ether oxygens (including phenoxy) is 1. The topological polar surface area (TPSA) is 92.7 Å². The molecule has 254 valence electrons. The molecule has 46 heavy (non-hydrogen) atoms. The molecule has 1 aromatic carbocycles. The van der Waals surface area contributed by atoms with Crippen LogP contribution < -0.4 is 5.32 Å². The van der Waals surface area contributed by atoms with Crippen LogP contribution in [-0.2, 0) is 25.5 Å². The van der Waals surface area contributed by atoms with Gasteiger partial charge in [-0.05, 0) is 96.8 Å². The van der Waals surface area contributed by atoms with E-state index in [1.54, 1.807) is 0 Å². The number of esters is 1. The lowest BCUT2D eigenvalue weighted by Gasteiger charge is -2.58. The van der Waals surface area contributed by atoms with Crippen molar-refractivity contribution in [2.24, 2.45) is 46.3 Å². The fraction of sp³-hybridized carbons (Fsp3) is 0.725. The summed E-state index contributed by atoms with van der Waals surface area (Å²) >= 11 is 0. The van der Waals surface area contributed by atoms with E-state index in [-0.39, 0.29) is 24.4 Å². The second-order valence-corrected chi connectivity index (χ2v) is 16.3. The van der Waals surface area contributed by atoms with E-state index in [0.29, 0.717) is 17.8 Å². The molecule has 9 atom stereocenters. The molecular weight excluding hydrogens is 574 g/mol. The molecule has 3 saturated carbocycles. The molecule has 0 saturated heterocycles. The van der Waals surface area contributed by atoms with Crippen molar-refractivity contribution < 1.29 is 24.2 Å². The zero-order valence-corrected chi connectivity index (χ0v) is 29.1. The second kappa shape index (κ2) is 14.6. The predicted octanol–water partition coefficient (Wildman–Crippen LogP) is 8.53. The molecule has 4 aliphatic rings. The number of carboxylic acid groups (broad SMARTS) is 1. The monoisotopic (exact) mass is 633 g/mol. The first kappa shape index (κ1) is 34.7. The van der Waals surface area contributed by atoms with Crippen LogP contribution in [0.25, 0.3) is 0 Å². The number of carbonyl (C=O) groups excluding carboxylic acids is 2. The first-order valence-electron chi connectivity index (χ1n) is 18.4. The Morgan fingerprint density at radius 3 is 2.43 bits per heavy atom. The van der Waals surface area contributed by atoms with Gasteiger partial charge >= 0.3 is 11.9 Å². The lowest BCUT2D eigenvalue weighted by Crippen LogP contribution is -2.51. The van der Waals surface area contributed by atoms with Crippen LogP contribution in [0, 0.1) is 46.3 Å². The highest BCUT2D eigenvalue weighted by molar-refractivity contribution is 5.86.